The van der Waals surface area contributed by atoms with Crippen LogP contribution in [0.15, 0.2) is 18.2 Å². The summed E-state index contributed by atoms with van der Waals surface area (Å²) in [4.78, 5) is 21.1. The van der Waals surface area contributed by atoms with Crippen molar-refractivity contribution in [2.24, 2.45) is 5.73 Å². The van der Waals surface area contributed by atoms with Crippen LogP contribution in [0.2, 0.25) is 5.02 Å². The lowest BCUT2D eigenvalue weighted by molar-refractivity contribution is -0.105. The van der Waals surface area contributed by atoms with Crippen molar-refractivity contribution in [1.82, 2.24) is 0 Å². The van der Waals surface area contributed by atoms with Gasteiger partial charge in [0.05, 0.1) is 0 Å². The highest BCUT2D eigenvalue weighted by molar-refractivity contribution is 6.31. The minimum absolute atomic E-state index is 0.357. The van der Waals surface area contributed by atoms with Crippen LogP contribution in [0.4, 0.5) is 0 Å². The first-order chi connectivity index (χ1) is 6.65. The van der Waals surface area contributed by atoms with Crippen LogP contribution in [0.5, 0.6) is 0 Å². The maximum Gasteiger partial charge on any atom is 0.249 e. The van der Waals surface area contributed by atoms with Gasteiger partial charge >= 0.3 is 0 Å². The Hall–Kier alpha value is -1.35. The quantitative estimate of drug-likeness (QED) is 0.764. The summed E-state index contributed by atoms with van der Waals surface area (Å²) in [6, 6.07) is 4.84. The number of halogens is 1. The van der Waals surface area contributed by atoms with Gasteiger partial charge in [-0.15, -0.1) is 0 Å². The molecule has 2 N–H and O–H groups in total. The predicted molar refractivity (Wildman–Crippen MR) is 54.0 cm³/mol. The molecule has 1 amide bonds. The van der Waals surface area contributed by atoms with Crippen molar-refractivity contribution in [3.8, 4) is 0 Å². The molecule has 4 heteroatoms. The molecule has 0 saturated carbocycles. The zero-order valence-corrected chi connectivity index (χ0v) is 8.12. The summed E-state index contributed by atoms with van der Waals surface area (Å²) in [6.45, 7) is 0. The molecule has 0 aliphatic carbocycles. The number of hydrogen-bond donors (Lipinski definition) is 1. The number of hydrogen-bond acceptors (Lipinski definition) is 2. The van der Waals surface area contributed by atoms with Gasteiger partial charge in [-0.05, 0) is 24.1 Å². The summed E-state index contributed by atoms with van der Waals surface area (Å²) in [6.07, 6.45) is 2.48. The SMILES string of the molecule is NC(=O)c1cc(Cl)ccc1C[CH]C=O. The molecule has 1 radical (unpaired) electrons. The smallest absolute Gasteiger partial charge is 0.249 e. The first-order valence-corrected chi connectivity index (χ1v) is 4.38. The molecule has 1 aromatic rings. The first kappa shape index (κ1) is 10.7. The summed E-state index contributed by atoms with van der Waals surface area (Å²) in [5, 5.41) is 0.452. The largest absolute Gasteiger partial charge is 0.366 e. The first-order valence-electron chi connectivity index (χ1n) is 4.00. The van der Waals surface area contributed by atoms with Crippen LogP contribution in [0, 0.1) is 6.42 Å². The molecule has 0 atom stereocenters. The number of carbonyl (C=O) groups is 2. The zero-order chi connectivity index (χ0) is 10.6. The molecule has 0 spiro atoms. The highest BCUT2D eigenvalue weighted by atomic mass is 35.5. The van der Waals surface area contributed by atoms with E-state index in [-0.39, 0.29) is 0 Å². The van der Waals surface area contributed by atoms with Crippen LogP contribution < -0.4 is 5.73 Å². The fraction of sp³-hybridized carbons (Fsp3) is 0.100. The maximum absolute atomic E-state index is 11.0. The second kappa shape index (κ2) is 4.77. The van der Waals surface area contributed by atoms with Gasteiger partial charge in [-0.2, -0.15) is 0 Å². The number of primary amides is 1. The van der Waals surface area contributed by atoms with Crippen LogP contribution in [-0.4, -0.2) is 12.2 Å². The van der Waals surface area contributed by atoms with Crippen molar-refractivity contribution in [3.63, 3.8) is 0 Å². The highest BCUT2D eigenvalue weighted by Gasteiger charge is 2.08. The van der Waals surface area contributed by atoms with Crippen LogP contribution >= 0.6 is 11.6 Å². The maximum atomic E-state index is 11.0. The molecule has 14 heavy (non-hydrogen) atoms. The van der Waals surface area contributed by atoms with Gasteiger partial charge in [0.15, 0.2) is 0 Å². The second-order valence-corrected chi connectivity index (χ2v) is 3.18. The lowest BCUT2D eigenvalue weighted by Crippen LogP contribution is -2.13. The third kappa shape index (κ3) is 2.57. The van der Waals surface area contributed by atoms with Crippen LogP contribution in [0.1, 0.15) is 15.9 Å². The van der Waals surface area contributed by atoms with E-state index in [4.69, 9.17) is 17.3 Å². The second-order valence-electron chi connectivity index (χ2n) is 2.74. The molecule has 0 unspecified atom stereocenters. The molecule has 0 saturated heterocycles. The lowest BCUT2D eigenvalue weighted by atomic mass is 10.0. The van der Waals surface area contributed by atoms with Gasteiger partial charge in [0, 0.05) is 17.0 Å². The normalized spacial score (nSPS) is 9.79. The number of carbonyl (C=O) groups excluding carboxylic acids is 2. The van der Waals surface area contributed by atoms with Crippen molar-refractivity contribution in [3.05, 3.63) is 40.8 Å². The summed E-state index contributed by atoms with van der Waals surface area (Å²) < 4.78 is 0. The van der Waals surface area contributed by atoms with Gasteiger partial charge in [0.1, 0.15) is 6.29 Å². The number of benzene rings is 1. The Morgan fingerprint density at radius 1 is 1.50 bits per heavy atom. The van der Waals surface area contributed by atoms with E-state index < -0.39 is 5.91 Å². The van der Waals surface area contributed by atoms with Gasteiger partial charge < -0.3 is 10.5 Å². The molecular formula is C10H9ClNO2. The Morgan fingerprint density at radius 2 is 2.21 bits per heavy atom. The number of amides is 1. The van der Waals surface area contributed by atoms with Gasteiger partial charge in [0.25, 0.3) is 0 Å². The van der Waals surface area contributed by atoms with Crippen molar-refractivity contribution in [1.29, 1.82) is 0 Å². The van der Waals surface area contributed by atoms with Crippen LogP contribution in [-0.2, 0) is 11.2 Å². The van der Waals surface area contributed by atoms with Crippen LogP contribution in [0.25, 0.3) is 0 Å². The van der Waals surface area contributed by atoms with E-state index >= 15 is 0 Å². The Labute approximate surface area is 86.9 Å². The Bertz CT molecular complexity index is 363. The van der Waals surface area contributed by atoms with Crippen molar-refractivity contribution < 1.29 is 9.59 Å². The van der Waals surface area contributed by atoms with Crippen LogP contribution in [0.3, 0.4) is 0 Å². The van der Waals surface area contributed by atoms with E-state index in [1.807, 2.05) is 0 Å². The molecule has 0 bridgehead atoms. The monoisotopic (exact) mass is 210 g/mol. The molecule has 3 nitrogen and oxygen atoms in total. The van der Waals surface area contributed by atoms with E-state index in [0.717, 1.165) is 0 Å². The average Bonchev–Trinajstić information content (AvgIpc) is 2.15. The minimum Gasteiger partial charge on any atom is -0.366 e. The van der Waals surface area contributed by atoms with Gasteiger partial charge in [-0.1, -0.05) is 17.7 Å². The lowest BCUT2D eigenvalue weighted by Gasteiger charge is -2.04. The Morgan fingerprint density at radius 3 is 2.79 bits per heavy atom. The molecule has 1 rings (SSSR count). The van der Waals surface area contributed by atoms with Crippen molar-refractivity contribution >= 4 is 23.8 Å². The van der Waals surface area contributed by atoms with E-state index in [0.29, 0.717) is 28.9 Å². The topological polar surface area (TPSA) is 60.2 Å². The fourth-order valence-corrected chi connectivity index (χ4v) is 1.30. The molecule has 0 fully saturated rings. The third-order valence-corrected chi connectivity index (χ3v) is 2.01. The molecular weight excluding hydrogens is 202 g/mol. The standard InChI is InChI=1S/C10H9ClNO2/c11-8-4-3-7(2-1-5-13)9(6-8)10(12)14/h1,3-6H,2H2,(H2,12,14). The highest BCUT2D eigenvalue weighted by Crippen LogP contribution is 2.16. The average molecular weight is 211 g/mol. The molecule has 0 aliphatic heterocycles. The van der Waals surface area contributed by atoms with Gasteiger partial charge in [-0.3, -0.25) is 4.79 Å². The predicted octanol–water partition coefficient (Wildman–Crippen LogP) is 1.38. The summed E-state index contributed by atoms with van der Waals surface area (Å²) in [5.74, 6) is -0.540. The van der Waals surface area contributed by atoms with Gasteiger partial charge in [-0.25, -0.2) is 0 Å². The summed E-state index contributed by atoms with van der Waals surface area (Å²) in [7, 11) is 0. The van der Waals surface area contributed by atoms with Crippen molar-refractivity contribution in [2.75, 3.05) is 0 Å². The van der Waals surface area contributed by atoms with E-state index in [2.05, 4.69) is 0 Å². The fourth-order valence-electron chi connectivity index (χ4n) is 1.13. The molecule has 0 aromatic heterocycles. The Kier molecular flexibility index (Phi) is 3.65. The van der Waals surface area contributed by atoms with E-state index in [9.17, 15) is 9.59 Å². The molecule has 1 aromatic carbocycles. The number of nitrogens with two attached hydrogens (primary N) is 1. The van der Waals surface area contributed by atoms with Gasteiger partial charge in [0.2, 0.25) is 5.91 Å². The third-order valence-electron chi connectivity index (χ3n) is 1.77. The number of rotatable bonds is 4. The summed E-state index contributed by atoms with van der Waals surface area (Å²) in [5.41, 5.74) is 6.22. The van der Waals surface area contributed by atoms with E-state index in [1.165, 1.54) is 12.5 Å². The van der Waals surface area contributed by atoms with E-state index in [1.54, 1.807) is 12.1 Å². The Balaban J connectivity index is 3.01. The summed E-state index contributed by atoms with van der Waals surface area (Å²) >= 11 is 5.71. The molecule has 0 heterocycles. The zero-order valence-electron chi connectivity index (χ0n) is 7.37. The molecule has 73 valence electrons. The number of aldehydes is 1. The van der Waals surface area contributed by atoms with Crippen molar-refractivity contribution in [2.45, 2.75) is 6.42 Å². The molecule has 0 aliphatic rings. The minimum atomic E-state index is -0.540.